The van der Waals surface area contributed by atoms with Gasteiger partial charge in [-0.2, -0.15) is 0 Å². The number of likely N-dealkylation sites (N-methyl/N-ethyl adjacent to an activating group) is 1. The number of anilines is 1. The van der Waals surface area contributed by atoms with Gasteiger partial charge in [-0.1, -0.05) is 0 Å². The lowest BCUT2D eigenvalue weighted by atomic mass is 10.2. The molecule has 2 rings (SSSR count). The molecule has 3 nitrogen and oxygen atoms in total. The molecule has 1 aliphatic rings. The number of halogens is 2. The van der Waals surface area contributed by atoms with Crippen LogP contribution in [0.5, 0.6) is 0 Å². The lowest BCUT2D eigenvalue weighted by Crippen LogP contribution is -2.29. The van der Waals surface area contributed by atoms with Crippen molar-refractivity contribution in [3.8, 4) is 0 Å². The molecule has 0 saturated carbocycles. The van der Waals surface area contributed by atoms with E-state index in [0.717, 1.165) is 41.8 Å². The fraction of sp³-hybridized carbons (Fsp3) is 0.583. The molecule has 0 aromatic carbocycles. The summed E-state index contributed by atoms with van der Waals surface area (Å²) in [6.07, 6.45) is 4.43. The second kappa shape index (κ2) is 6.03. The van der Waals surface area contributed by atoms with E-state index in [0.29, 0.717) is 12.0 Å². The number of hydrogen-bond donors (Lipinski definition) is 0. The van der Waals surface area contributed by atoms with E-state index in [1.165, 1.54) is 0 Å². The summed E-state index contributed by atoms with van der Waals surface area (Å²) in [6, 6.07) is 2.02. The third kappa shape index (κ3) is 3.33. The van der Waals surface area contributed by atoms with Crippen LogP contribution in [0, 0.1) is 0 Å². The van der Waals surface area contributed by atoms with Crippen molar-refractivity contribution in [2.24, 2.45) is 0 Å². The van der Waals surface area contributed by atoms with Crippen LogP contribution in [0.3, 0.4) is 0 Å². The minimum atomic E-state index is 0.327. The summed E-state index contributed by atoms with van der Waals surface area (Å²) >= 11 is 9.36. The van der Waals surface area contributed by atoms with Gasteiger partial charge < -0.3 is 9.64 Å². The molecule has 1 unspecified atom stereocenters. The lowest BCUT2D eigenvalue weighted by molar-refractivity contribution is 0.116. The Morgan fingerprint density at radius 1 is 1.65 bits per heavy atom. The molecule has 0 bridgehead atoms. The average molecular weight is 320 g/mol. The van der Waals surface area contributed by atoms with Gasteiger partial charge in [-0.25, -0.2) is 4.98 Å². The van der Waals surface area contributed by atoms with E-state index < -0.39 is 0 Å². The highest BCUT2D eigenvalue weighted by molar-refractivity contribution is 9.10. The molecule has 1 fully saturated rings. The molecule has 1 aliphatic heterocycles. The van der Waals surface area contributed by atoms with Crippen molar-refractivity contribution in [1.82, 2.24) is 4.98 Å². The molecular formula is C12H16BrClN2O. The van der Waals surface area contributed by atoms with Gasteiger partial charge in [0.05, 0.1) is 12.0 Å². The third-order valence-electron chi connectivity index (χ3n) is 2.92. The van der Waals surface area contributed by atoms with Crippen LogP contribution < -0.4 is 4.90 Å². The minimum absolute atomic E-state index is 0.327. The van der Waals surface area contributed by atoms with E-state index in [1.54, 1.807) is 6.20 Å². The maximum Gasteiger partial charge on any atom is 0.132 e. The van der Waals surface area contributed by atoms with Gasteiger partial charge in [-0.15, -0.1) is 11.6 Å². The Kier molecular flexibility index (Phi) is 4.65. The molecule has 0 spiro atoms. The Labute approximate surface area is 115 Å². The topological polar surface area (TPSA) is 25.4 Å². The molecule has 1 aromatic heterocycles. The number of pyridine rings is 1. The monoisotopic (exact) mass is 318 g/mol. The molecule has 1 aromatic rings. The van der Waals surface area contributed by atoms with Crippen LogP contribution in [-0.2, 0) is 10.6 Å². The van der Waals surface area contributed by atoms with Gasteiger partial charge in [-0.3, -0.25) is 0 Å². The molecule has 1 atom stereocenters. The summed E-state index contributed by atoms with van der Waals surface area (Å²) in [6.45, 7) is 1.76. The molecule has 17 heavy (non-hydrogen) atoms. The van der Waals surface area contributed by atoms with Gasteiger partial charge in [0.1, 0.15) is 5.82 Å². The first-order valence-electron chi connectivity index (χ1n) is 5.74. The number of rotatable bonds is 4. The molecule has 2 heterocycles. The molecule has 5 heteroatoms. The number of ether oxygens (including phenoxy) is 1. The van der Waals surface area contributed by atoms with Crippen molar-refractivity contribution in [3.63, 3.8) is 0 Å². The van der Waals surface area contributed by atoms with E-state index in [-0.39, 0.29) is 0 Å². The van der Waals surface area contributed by atoms with Crippen molar-refractivity contribution in [1.29, 1.82) is 0 Å². The lowest BCUT2D eigenvalue weighted by Gasteiger charge is -2.23. The maximum absolute atomic E-state index is 5.95. The summed E-state index contributed by atoms with van der Waals surface area (Å²) in [5.74, 6) is 1.41. The molecular weight excluding hydrogens is 304 g/mol. The van der Waals surface area contributed by atoms with Gasteiger partial charge >= 0.3 is 0 Å². The Morgan fingerprint density at radius 2 is 2.47 bits per heavy atom. The van der Waals surface area contributed by atoms with Crippen molar-refractivity contribution in [2.45, 2.75) is 24.8 Å². The Hall–Kier alpha value is -0.320. The van der Waals surface area contributed by atoms with Gasteiger partial charge in [0.15, 0.2) is 0 Å². The van der Waals surface area contributed by atoms with Crippen LogP contribution in [0.4, 0.5) is 5.82 Å². The maximum atomic E-state index is 5.95. The van der Waals surface area contributed by atoms with E-state index in [1.807, 2.05) is 13.1 Å². The second-order valence-corrected chi connectivity index (χ2v) is 5.47. The zero-order valence-corrected chi connectivity index (χ0v) is 12.2. The predicted molar refractivity (Wildman–Crippen MR) is 73.7 cm³/mol. The summed E-state index contributed by atoms with van der Waals surface area (Å²) < 4.78 is 6.59. The highest BCUT2D eigenvalue weighted by Crippen LogP contribution is 2.24. The largest absolute Gasteiger partial charge is 0.376 e. The quantitative estimate of drug-likeness (QED) is 0.797. The molecule has 94 valence electrons. The van der Waals surface area contributed by atoms with E-state index in [4.69, 9.17) is 16.3 Å². The highest BCUT2D eigenvalue weighted by atomic mass is 79.9. The molecule has 0 aliphatic carbocycles. The zero-order valence-electron chi connectivity index (χ0n) is 9.83. The Balaban J connectivity index is 2.09. The van der Waals surface area contributed by atoms with Crippen LogP contribution >= 0.6 is 27.5 Å². The fourth-order valence-electron chi connectivity index (χ4n) is 2.10. The van der Waals surface area contributed by atoms with Crippen LogP contribution in [0.1, 0.15) is 18.4 Å². The minimum Gasteiger partial charge on any atom is -0.376 e. The van der Waals surface area contributed by atoms with Gasteiger partial charge in [0.25, 0.3) is 0 Å². The standard InChI is InChI=1S/C12H16BrClN2O/c1-16(8-11-3-2-4-17-11)12-9(6-14)5-10(13)7-15-12/h5,7,11H,2-4,6,8H2,1H3. The number of alkyl halides is 1. The molecule has 0 radical (unpaired) electrons. The second-order valence-electron chi connectivity index (χ2n) is 4.29. The van der Waals surface area contributed by atoms with Crippen molar-refractivity contribution in [2.75, 3.05) is 25.1 Å². The summed E-state index contributed by atoms with van der Waals surface area (Å²) in [7, 11) is 2.04. The Bertz CT molecular complexity index is 383. The van der Waals surface area contributed by atoms with E-state index >= 15 is 0 Å². The first-order chi connectivity index (χ1) is 8.20. The van der Waals surface area contributed by atoms with E-state index in [9.17, 15) is 0 Å². The van der Waals surface area contributed by atoms with Crippen LogP contribution in [0.2, 0.25) is 0 Å². The number of hydrogen-bond acceptors (Lipinski definition) is 3. The normalized spacial score (nSPS) is 19.6. The molecule has 0 N–H and O–H groups in total. The summed E-state index contributed by atoms with van der Waals surface area (Å²) in [4.78, 5) is 6.56. The summed E-state index contributed by atoms with van der Waals surface area (Å²) in [5, 5.41) is 0. The summed E-state index contributed by atoms with van der Waals surface area (Å²) in [5.41, 5.74) is 1.04. The van der Waals surface area contributed by atoms with Crippen molar-refractivity contribution >= 4 is 33.3 Å². The number of nitrogens with zero attached hydrogens (tertiary/aromatic N) is 2. The van der Waals surface area contributed by atoms with Gasteiger partial charge in [-0.05, 0) is 34.8 Å². The highest BCUT2D eigenvalue weighted by Gasteiger charge is 2.19. The van der Waals surface area contributed by atoms with Gasteiger partial charge in [0.2, 0.25) is 0 Å². The zero-order chi connectivity index (χ0) is 12.3. The Morgan fingerprint density at radius 3 is 3.12 bits per heavy atom. The van der Waals surface area contributed by atoms with Crippen molar-refractivity contribution < 1.29 is 4.74 Å². The average Bonchev–Trinajstić information content (AvgIpc) is 2.81. The first-order valence-corrected chi connectivity index (χ1v) is 7.06. The van der Waals surface area contributed by atoms with Crippen molar-refractivity contribution in [3.05, 3.63) is 22.3 Å². The number of aromatic nitrogens is 1. The smallest absolute Gasteiger partial charge is 0.132 e. The fourth-order valence-corrected chi connectivity index (χ4v) is 2.67. The SMILES string of the molecule is CN(CC1CCCO1)c1ncc(Br)cc1CCl. The first kappa shape index (κ1) is 13.1. The van der Waals surface area contributed by atoms with Gasteiger partial charge in [0, 0.05) is 36.4 Å². The molecule has 0 amide bonds. The van der Waals surface area contributed by atoms with Crippen LogP contribution in [-0.4, -0.2) is 31.3 Å². The van der Waals surface area contributed by atoms with E-state index in [2.05, 4.69) is 25.8 Å². The van der Waals surface area contributed by atoms with Crippen LogP contribution in [0.15, 0.2) is 16.7 Å². The third-order valence-corrected chi connectivity index (χ3v) is 3.64. The van der Waals surface area contributed by atoms with Crippen LogP contribution in [0.25, 0.3) is 0 Å². The predicted octanol–water partition coefficient (Wildman–Crippen LogP) is 3.20. The molecule has 1 saturated heterocycles.